The SMILES string of the molecule is CCNC(=O)C(C)NC(=O)c1cc2ccccc2o1. The van der Waals surface area contributed by atoms with Crippen molar-refractivity contribution in [1.82, 2.24) is 10.6 Å². The molecule has 1 unspecified atom stereocenters. The summed E-state index contributed by atoms with van der Waals surface area (Å²) in [7, 11) is 0. The Morgan fingerprint density at radius 2 is 2.05 bits per heavy atom. The minimum atomic E-state index is -0.597. The van der Waals surface area contributed by atoms with Gasteiger partial charge in [-0.25, -0.2) is 0 Å². The molecule has 0 saturated carbocycles. The van der Waals surface area contributed by atoms with E-state index in [9.17, 15) is 9.59 Å². The van der Waals surface area contributed by atoms with E-state index in [0.29, 0.717) is 12.1 Å². The molecule has 0 aliphatic rings. The Labute approximate surface area is 111 Å². The molecule has 5 heteroatoms. The van der Waals surface area contributed by atoms with Gasteiger partial charge < -0.3 is 15.1 Å². The summed E-state index contributed by atoms with van der Waals surface area (Å²) in [5, 5.41) is 6.10. The Bertz CT molecular complexity index is 571. The number of benzene rings is 1. The monoisotopic (exact) mass is 260 g/mol. The fraction of sp³-hybridized carbons (Fsp3) is 0.286. The molecule has 19 heavy (non-hydrogen) atoms. The van der Waals surface area contributed by atoms with Crippen molar-refractivity contribution in [2.24, 2.45) is 0 Å². The van der Waals surface area contributed by atoms with Gasteiger partial charge in [0.15, 0.2) is 5.76 Å². The number of hydrogen-bond donors (Lipinski definition) is 2. The molecular weight excluding hydrogens is 244 g/mol. The first kappa shape index (κ1) is 13.1. The third-order valence-corrected chi connectivity index (χ3v) is 2.74. The zero-order valence-electron chi connectivity index (χ0n) is 10.9. The van der Waals surface area contributed by atoms with E-state index in [1.807, 2.05) is 25.1 Å². The van der Waals surface area contributed by atoms with Gasteiger partial charge in [-0.15, -0.1) is 0 Å². The van der Waals surface area contributed by atoms with Crippen molar-refractivity contribution in [3.63, 3.8) is 0 Å². The standard InChI is InChI=1S/C14H16N2O3/c1-3-15-13(17)9(2)16-14(18)12-8-10-6-4-5-7-11(10)19-12/h4-9H,3H2,1-2H3,(H,15,17)(H,16,18). The number of fused-ring (bicyclic) bond motifs is 1. The minimum absolute atomic E-state index is 0.206. The lowest BCUT2D eigenvalue weighted by molar-refractivity contribution is -0.122. The van der Waals surface area contributed by atoms with Gasteiger partial charge in [-0.2, -0.15) is 0 Å². The number of carbonyl (C=O) groups excluding carboxylic acids is 2. The largest absolute Gasteiger partial charge is 0.451 e. The molecule has 1 aromatic carbocycles. The van der Waals surface area contributed by atoms with Crippen LogP contribution in [0.3, 0.4) is 0 Å². The van der Waals surface area contributed by atoms with Crippen LogP contribution in [0.5, 0.6) is 0 Å². The maximum Gasteiger partial charge on any atom is 0.287 e. The maximum absolute atomic E-state index is 11.9. The molecular formula is C14H16N2O3. The molecule has 0 spiro atoms. The zero-order valence-corrected chi connectivity index (χ0v) is 10.9. The number of hydrogen-bond acceptors (Lipinski definition) is 3. The second-order valence-electron chi connectivity index (χ2n) is 4.24. The topological polar surface area (TPSA) is 71.3 Å². The lowest BCUT2D eigenvalue weighted by Gasteiger charge is -2.11. The Kier molecular flexibility index (Phi) is 3.85. The van der Waals surface area contributed by atoms with Crippen LogP contribution < -0.4 is 10.6 Å². The van der Waals surface area contributed by atoms with Gasteiger partial charge in [0.05, 0.1) is 0 Å². The zero-order chi connectivity index (χ0) is 13.8. The van der Waals surface area contributed by atoms with Crippen LogP contribution in [0.1, 0.15) is 24.4 Å². The highest BCUT2D eigenvalue weighted by Gasteiger charge is 2.18. The van der Waals surface area contributed by atoms with Crippen molar-refractivity contribution in [3.8, 4) is 0 Å². The summed E-state index contributed by atoms with van der Waals surface area (Å²) in [4.78, 5) is 23.5. The molecule has 100 valence electrons. The van der Waals surface area contributed by atoms with Crippen LogP contribution in [-0.4, -0.2) is 24.4 Å². The first-order chi connectivity index (χ1) is 9.11. The lowest BCUT2D eigenvalue weighted by atomic mass is 10.2. The molecule has 1 aromatic heterocycles. The van der Waals surface area contributed by atoms with Crippen LogP contribution in [-0.2, 0) is 4.79 Å². The highest BCUT2D eigenvalue weighted by atomic mass is 16.3. The summed E-state index contributed by atoms with van der Waals surface area (Å²) >= 11 is 0. The van der Waals surface area contributed by atoms with Gasteiger partial charge in [-0.05, 0) is 26.0 Å². The molecule has 2 aromatic rings. The van der Waals surface area contributed by atoms with E-state index in [-0.39, 0.29) is 11.7 Å². The van der Waals surface area contributed by atoms with E-state index in [4.69, 9.17) is 4.42 Å². The second-order valence-corrected chi connectivity index (χ2v) is 4.24. The lowest BCUT2D eigenvalue weighted by Crippen LogP contribution is -2.44. The molecule has 2 N–H and O–H groups in total. The smallest absolute Gasteiger partial charge is 0.287 e. The molecule has 0 aliphatic heterocycles. The Hall–Kier alpha value is -2.30. The summed E-state index contributed by atoms with van der Waals surface area (Å²) in [6.07, 6.45) is 0. The summed E-state index contributed by atoms with van der Waals surface area (Å²) in [6, 6.07) is 8.43. The van der Waals surface area contributed by atoms with Crippen LogP contribution >= 0.6 is 0 Å². The third-order valence-electron chi connectivity index (χ3n) is 2.74. The molecule has 0 radical (unpaired) electrons. The van der Waals surface area contributed by atoms with Crippen LogP contribution in [0.25, 0.3) is 11.0 Å². The van der Waals surface area contributed by atoms with Crippen LogP contribution in [0, 0.1) is 0 Å². The minimum Gasteiger partial charge on any atom is -0.451 e. The summed E-state index contributed by atoms with van der Waals surface area (Å²) in [5.74, 6) is -0.403. The molecule has 2 rings (SSSR count). The summed E-state index contributed by atoms with van der Waals surface area (Å²) in [5.41, 5.74) is 0.651. The second kappa shape index (κ2) is 5.56. The average molecular weight is 260 g/mol. The summed E-state index contributed by atoms with van der Waals surface area (Å²) in [6.45, 7) is 3.99. The molecule has 0 aliphatic carbocycles. The highest BCUT2D eigenvalue weighted by molar-refractivity contribution is 5.98. The Balaban J connectivity index is 2.09. The number of para-hydroxylation sites is 1. The van der Waals surface area contributed by atoms with E-state index < -0.39 is 11.9 Å². The van der Waals surface area contributed by atoms with Crippen LogP contribution in [0.2, 0.25) is 0 Å². The van der Waals surface area contributed by atoms with Crippen molar-refractivity contribution in [3.05, 3.63) is 36.1 Å². The van der Waals surface area contributed by atoms with Gasteiger partial charge in [-0.1, -0.05) is 18.2 Å². The Morgan fingerprint density at radius 3 is 2.74 bits per heavy atom. The molecule has 0 fully saturated rings. The van der Waals surface area contributed by atoms with Gasteiger partial charge >= 0.3 is 0 Å². The molecule has 1 atom stereocenters. The number of nitrogens with one attached hydrogen (secondary N) is 2. The van der Waals surface area contributed by atoms with Gasteiger partial charge in [0.1, 0.15) is 11.6 Å². The van der Waals surface area contributed by atoms with Crippen LogP contribution in [0.4, 0.5) is 0 Å². The van der Waals surface area contributed by atoms with Crippen molar-refractivity contribution in [2.75, 3.05) is 6.54 Å². The predicted octanol–water partition coefficient (Wildman–Crippen LogP) is 1.69. The Morgan fingerprint density at radius 1 is 1.32 bits per heavy atom. The van der Waals surface area contributed by atoms with Crippen LogP contribution in [0.15, 0.2) is 34.7 Å². The van der Waals surface area contributed by atoms with Gasteiger partial charge in [0.2, 0.25) is 5.91 Å². The van der Waals surface area contributed by atoms with E-state index >= 15 is 0 Å². The normalized spacial score (nSPS) is 12.1. The average Bonchev–Trinajstić information content (AvgIpc) is 2.82. The van der Waals surface area contributed by atoms with Crippen molar-refractivity contribution in [2.45, 2.75) is 19.9 Å². The molecule has 0 bridgehead atoms. The van der Waals surface area contributed by atoms with E-state index in [1.54, 1.807) is 19.1 Å². The van der Waals surface area contributed by atoms with Gasteiger partial charge in [0.25, 0.3) is 5.91 Å². The van der Waals surface area contributed by atoms with E-state index in [1.165, 1.54) is 0 Å². The van der Waals surface area contributed by atoms with E-state index in [0.717, 1.165) is 5.39 Å². The number of rotatable bonds is 4. The molecule has 5 nitrogen and oxygen atoms in total. The van der Waals surface area contributed by atoms with Gasteiger partial charge in [0, 0.05) is 11.9 Å². The highest BCUT2D eigenvalue weighted by Crippen LogP contribution is 2.18. The molecule has 0 saturated heterocycles. The number of carbonyl (C=O) groups is 2. The van der Waals surface area contributed by atoms with Crippen molar-refractivity contribution < 1.29 is 14.0 Å². The van der Waals surface area contributed by atoms with E-state index in [2.05, 4.69) is 10.6 Å². The number of amides is 2. The van der Waals surface area contributed by atoms with Gasteiger partial charge in [-0.3, -0.25) is 9.59 Å². The fourth-order valence-electron chi connectivity index (χ4n) is 1.75. The summed E-state index contributed by atoms with van der Waals surface area (Å²) < 4.78 is 5.43. The quantitative estimate of drug-likeness (QED) is 0.878. The molecule has 2 amide bonds. The molecule has 1 heterocycles. The number of furan rings is 1. The first-order valence-electron chi connectivity index (χ1n) is 6.19. The van der Waals surface area contributed by atoms with Crippen molar-refractivity contribution in [1.29, 1.82) is 0 Å². The fourth-order valence-corrected chi connectivity index (χ4v) is 1.75. The predicted molar refractivity (Wildman–Crippen MR) is 71.8 cm³/mol. The maximum atomic E-state index is 11.9. The first-order valence-corrected chi connectivity index (χ1v) is 6.19. The third kappa shape index (κ3) is 2.93. The number of likely N-dealkylation sites (N-methyl/N-ethyl adjacent to an activating group) is 1. The van der Waals surface area contributed by atoms with Crippen molar-refractivity contribution >= 4 is 22.8 Å².